The summed E-state index contributed by atoms with van der Waals surface area (Å²) >= 11 is 0. The van der Waals surface area contributed by atoms with Gasteiger partial charge in [-0.15, -0.1) is 0 Å². The van der Waals surface area contributed by atoms with Crippen molar-refractivity contribution in [2.45, 2.75) is 30.7 Å². The molecule has 138 valence electrons. The molecule has 13 heteroatoms. The summed E-state index contributed by atoms with van der Waals surface area (Å²) in [5.41, 5.74) is 0. The third-order valence-electron chi connectivity index (χ3n) is 2.81. The smallest absolute Gasteiger partial charge is 0.394 e. The van der Waals surface area contributed by atoms with E-state index in [1.54, 1.807) is 0 Å². The molecule has 0 aliphatic carbocycles. The molecule has 0 aromatic rings. The highest BCUT2D eigenvalue weighted by atomic mass is 33.1. The van der Waals surface area contributed by atoms with Gasteiger partial charge in [0.25, 0.3) is 0 Å². The minimum atomic E-state index is -4.43. The summed E-state index contributed by atoms with van der Waals surface area (Å²) in [5, 5.41) is 37.9. The van der Waals surface area contributed by atoms with E-state index in [2.05, 4.69) is 4.52 Å². The summed E-state index contributed by atoms with van der Waals surface area (Å²) < 4.78 is 25.1. The van der Waals surface area contributed by atoms with Crippen LogP contribution in [0.1, 0.15) is 0 Å². The van der Waals surface area contributed by atoms with Crippen molar-refractivity contribution in [1.82, 2.24) is 0 Å². The average Bonchev–Trinajstić information content (AvgIpc) is 2.48. The van der Waals surface area contributed by atoms with E-state index >= 15 is 0 Å². The van der Waals surface area contributed by atoms with Crippen LogP contribution in [0.15, 0.2) is 0 Å². The number of aliphatic hydroxyl groups is 4. The van der Waals surface area contributed by atoms with Crippen LogP contribution >= 0.6 is 29.4 Å². The lowest BCUT2D eigenvalue weighted by Crippen LogP contribution is -2.59. The van der Waals surface area contributed by atoms with Crippen molar-refractivity contribution in [1.29, 1.82) is 0 Å². The second kappa shape index (κ2) is 10.5. The number of phosphoric ester groups is 1. The van der Waals surface area contributed by atoms with Gasteiger partial charge in [0.05, 0.1) is 19.8 Å². The Hall–Kier alpha value is 0.570. The maximum absolute atomic E-state index is 10.4. The SMILES string of the molecule is O=P(O)(O)OCCSSCCO[C@@H]1O[C@H](CO)[C@@H](O)[C@H](O)[C@H]1O. The summed E-state index contributed by atoms with van der Waals surface area (Å²) in [6.45, 7) is -0.440. The number of phosphoric acid groups is 1. The normalized spacial score (nSPS) is 32.2. The van der Waals surface area contributed by atoms with Crippen molar-refractivity contribution in [3.05, 3.63) is 0 Å². The molecule has 1 saturated heterocycles. The van der Waals surface area contributed by atoms with Crippen LogP contribution in [0.4, 0.5) is 0 Å². The quantitative estimate of drug-likeness (QED) is 0.141. The highest BCUT2D eigenvalue weighted by molar-refractivity contribution is 8.76. The second-order valence-electron chi connectivity index (χ2n) is 4.54. The average molecular weight is 396 g/mol. The number of ether oxygens (including phenoxy) is 2. The number of rotatable bonds is 10. The van der Waals surface area contributed by atoms with Crippen LogP contribution in [-0.4, -0.2) is 92.2 Å². The fourth-order valence-corrected chi connectivity index (χ4v) is 3.83. The van der Waals surface area contributed by atoms with Gasteiger partial charge in [-0.3, -0.25) is 4.52 Å². The van der Waals surface area contributed by atoms with Crippen LogP contribution in [0.25, 0.3) is 0 Å². The van der Waals surface area contributed by atoms with Gasteiger partial charge in [0.1, 0.15) is 24.4 Å². The van der Waals surface area contributed by atoms with Crippen molar-refractivity contribution in [3.63, 3.8) is 0 Å². The van der Waals surface area contributed by atoms with Crippen LogP contribution in [0, 0.1) is 0 Å². The van der Waals surface area contributed by atoms with Crippen molar-refractivity contribution >= 4 is 29.4 Å². The summed E-state index contributed by atoms with van der Waals surface area (Å²) in [4.78, 5) is 16.9. The van der Waals surface area contributed by atoms with E-state index in [-0.39, 0.29) is 13.2 Å². The highest BCUT2D eigenvalue weighted by Crippen LogP contribution is 2.36. The molecule has 1 heterocycles. The molecular formula is C10H21O10PS2. The second-order valence-corrected chi connectivity index (χ2v) is 8.48. The lowest BCUT2D eigenvalue weighted by Gasteiger charge is -2.39. The fraction of sp³-hybridized carbons (Fsp3) is 1.00. The summed E-state index contributed by atoms with van der Waals surface area (Å²) in [6, 6.07) is 0. The maximum atomic E-state index is 10.4. The Morgan fingerprint density at radius 3 is 2.17 bits per heavy atom. The third-order valence-corrected chi connectivity index (χ3v) is 5.66. The van der Waals surface area contributed by atoms with Crippen LogP contribution in [0.3, 0.4) is 0 Å². The first-order chi connectivity index (χ1) is 10.8. The lowest BCUT2D eigenvalue weighted by atomic mass is 9.99. The monoisotopic (exact) mass is 396 g/mol. The predicted molar refractivity (Wildman–Crippen MR) is 82.6 cm³/mol. The molecule has 0 spiro atoms. The molecule has 1 aliphatic rings. The van der Waals surface area contributed by atoms with E-state index in [0.29, 0.717) is 11.5 Å². The molecule has 1 rings (SSSR count). The predicted octanol–water partition coefficient (Wildman–Crippen LogP) is -1.71. The number of aliphatic hydroxyl groups excluding tert-OH is 4. The van der Waals surface area contributed by atoms with E-state index < -0.39 is 45.1 Å². The zero-order chi connectivity index (χ0) is 17.5. The first-order valence-electron chi connectivity index (χ1n) is 6.63. The molecule has 0 aromatic heterocycles. The molecule has 1 fully saturated rings. The first kappa shape index (κ1) is 21.6. The van der Waals surface area contributed by atoms with Crippen molar-refractivity contribution in [2.24, 2.45) is 0 Å². The highest BCUT2D eigenvalue weighted by Gasteiger charge is 2.43. The lowest BCUT2D eigenvalue weighted by molar-refractivity contribution is -0.299. The minimum absolute atomic E-state index is 0.0878. The fourth-order valence-electron chi connectivity index (χ4n) is 1.71. The van der Waals surface area contributed by atoms with Crippen molar-refractivity contribution < 1.29 is 48.8 Å². The number of hydrogen-bond donors (Lipinski definition) is 6. The van der Waals surface area contributed by atoms with Gasteiger partial charge in [-0.25, -0.2) is 4.57 Å². The Morgan fingerprint density at radius 1 is 1.00 bits per heavy atom. The Kier molecular flexibility index (Phi) is 9.90. The standard InChI is InChI=1S/C10H21O10PS2/c11-5-6-7(12)8(13)9(14)10(20-6)18-1-3-22-23-4-2-19-21(15,16)17/h6-14H,1-5H2,(H2,15,16,17)/t6-,7-,8+,9-,10-/m1/s1. The van der Waals surface area contributed by atoms with E-state index in [0.717, 1.165) is 0 Å². The van der Waals surface area contributed by atoms with Gasteiger partial charge in [0, 0.05) is 11.5 Å². The number of hydrogen-bond acceptors (Lipinski definition) is 10. The van der Waals surface area contributed by atoms with Crippen LogP contribution in [0.5, 0.6) is 0 Å². The van der Waals surface area contributed by atoms with E-state index in [1.807, 2.05) is 0 Å². The molecule has 6 N–H and O–H groups in total. The maximum Gasteiger partial charge on any atom is 0.469 e. The van der Waals surface area contributed by atoms with Gasteiger partial charge in [-0.1, -0.05) is 21.6 Å². The van der Waals surface area contributed by atoms with E-state index in [9.17, 15) is 19.9 Å². The summed E-state index contributed by atoms with van der Waals surface area (Å²) in [6.07, 6.45) is -6.49. The molecule has 0 amide bonds. The Morgan fingerprint density at radius 2 is 1.61 bits per heavy atom. The Balaban J connectivity index is 2.14. The van der Waals surface area contributed by atoms with Crippen molar-refractivity contribution in [2.75, 3.05) is 31.3 Å². The zero-order valence-corrected chi connectivity index (χ0v) is 14.5. The van der Waals surface area contributed by atoms with Crippen LogP contribution in [-0.2, 0) is 18.6 Å². The van der Waals surface area contributed by atoms with Gasteiger partial charge in [0.2, 0.25) is 0 Å². The Labute approximate surface area is 140 Å². The molecule has 5 atom stereocenters. The topological polar surface area (TPSA) is 166 Å². The summed E-state index contributed by atoms with van der Waals surface area (Å²) in [7, 11) is -1.74. The van der Waals surface area contributed by atoms with E-state index in [1.165, 1.54) is 21.6 Å². The van der Waals surface area contributed by atoms with E-state index in [4.69, 9.17) is 24.4 Å². The summed E-state index contributed by atoms with van der Waals surface area (Å²) in [5.74, 6) is 0.853. The minimum Gasteiger partial charge on any atom is -0.394 e. The molecule has 0 radical (unpaired) electrons. The van der Waals surface area contributed by atoms with Gasteiger partial charge in [-0.2, -0.15) is 0 Å². The van der Waals surface area contributed by atoms with Crippen molar-refractivity contribution in [3.8, 4) is 0 Å². The molecular weight excluding hydrogens is 375 g/mol. The van der Waals surface area contributed by atoms with Gasteiger partial charge >= 0.3 is 7.82 Å². The Bertz CT molecular complexity index is 381. The molecule has 0 unspecified atom stereocenters. The third kappa shape index (κ3) is 7.99. The van der Waals surface area contributed by atoms with Crippen LogP contribution in [0.2, 0.25) is 0 Å². The first-order valence-corrected chi connectivity index (χ1v) is 10.6. The van der Waals surface area contributed by atoms with Gasteiger partial charge in [-0.05, 0) is 0 Å². The van der Waals surface area contributed by atoms with Gasteiger partial charge in [0.15, 0.2) is 6.29 Å². The zero-order valence-electron chi connectivity index (χ0n) is 12.0. The largest absolute Gasteiger partial charge is 0.469 e. The van der Waals surface area contributed by atoms with Crippen LogP contribution < -0.4 is 0 Å². The van der Waals surface area contributed by atoms with Gasteiger partial charge < -0.3 is 39.7 Å². The molecule has 1 aliphatic heterocycles. The molecule has 23 heavy (non-hydrogen) atoms. The molecule has 0 bridgehead atoms. The molecule has 0 saturated carbocycles. The molecule has 10 nitrogen and oxygen atoms in total. The molecule has 0 aromatic carbocycles.